The Morgan fingerprint density at radius 2 is 1.38 bits per heavy atom. The largest absolute Gasteiger partial charge is 0.435 e. The second kappa shape index (κ2) is 7.83. The molecule has 0 saturated heterocycles. The fourth-order valence-electron chi connectivity index (χ4n) is 1.72. The van der Waals surface area contributed by atoms with Crippen LogP contribution in [0.1, 0.15) is 32.1 Å². The highest BCUT2D eigenvalue weighted by Crippen LogP contribution is 2.51. The van der Waals surface area contributed by atoms with Crippen LogP contribution in [0.5, 0.6) is 0 Å². The van der Waals surface area contributed by atoms with Crippen LogP contribution in [-0.4, -0.2) is 43.6 Å². The van der Waals surface area contributed by atoms with Crippen LogP contribution in [0.3, 0.4) is 0 Å². The Balaban J connectivity index is 5.08. The van der Waals surface area contributed by atoms with Gasteiger partial charge in [0.2, 0.25) is 15.7 Å². The summed E-state index contributed by atoms with van der Waals surface area (Å²) in [5, 5.41) is -6.35. The lowest BCUT2D eigenvalue weighted by Crippen LogP contribution is -2.63. The Kier molecular flexibility index (Phi) is 7.46. The molecular weight excluding hydrogens is 378 g/mol. The second-order valence-corrected chi connectivity index (χ2v) is 7.13. The summed E-state index contributed by atoms with van der Waals surface area (Å²) in [6.07, 6.45) is -12.6. The van der Waals surface area contributed by atoms with Gasteiger partial charge in [0.25, 0.3) is 6.43 Å². The van der Waals surface area contributed by atoms with Crippen molar-refractivity contribution in [2.75, 3.05) is 5.75 Å². The van der Waals surface area contributed by atoms with Crippen molar-refractivity contribution in [3.8, 4) is 0 Å². The minimum Gasteiger partial charge on any atom is -0.370 e. The first kappa shape index (κ1) is 22.9. The zero-order chi connectivity index (χ0) is 19.4. The van der Waals surface area contributed by atoms with Crippen molar-refractivity contribution < 1.29 is 48.3 Å². The third-order valence-electron chi connectivity index (χ3n) is 3.11. The lowest BCUT2D eigenvalue weighted by Gasteiger charge is -2.33. The normalized spacial score (nSPS) is 16.2. The van der Waals surface area contributed by atoms with E-state index in [1.807, 2.05) is 0 Å². The van der Waals surface area contributed by atoms with E-state index in [1.54, 1.807) is 0 Å². The summed E-state index contributed by atoms with van der Waals surface area (Å²) >= 11 is 0. The average molecular weight is 393 g/mol. The topological polar surface area (TPSA) is 77.2 Å². The molecule has 1 atom stereocenters. The van der Waals surface area contributed by atoms with Crippen molar-refractivity contribution in [1.82, 2.24) is 0 Å². The molecule has 0 saturated carbocycles. The SMILES string of the molecule is NC(=O)CCCCCCS(=O)(=O)C(F)(F)C(F)(C(F)F)C(F)(F)F. The fraction of sp³-hybridized carbons (Fsp3) is 0.909. The van der Waals surface area contributed by atoms with Gasteiger partial charge in [-0.15, -0.1) is 0 Å². The molecule has 4 nitrogen and oxygen atoms in total. The van der Waals surface area contributed by atoms with Crippen molar-refractivity contribution >= 4 is 15.7 Å². The van der Waals surface area contributed by atoms with Gasteiger partial charge in [-0.3, -0.25) is 4.79 Å². The van der Waals surface area contributed by atoms with Gasteiger partial charge in [-0.2, -0.15) is 22.0 Å². The number of carbonyl (C=O) groups excluding carboxylic acids is 1. The van der Waals surface area contributed by atoms with E-state index in [4.69, 9.17) is 5.73 Å². The lowest BCUT2D eigenvalue weighted by atomic mass is 10.1. The lowest BCUT2D eigenvalue weighted by molar-refractivity contribution is -0.314. The Bertz CT molecular complexity index is 534. The number of hydrogen-bond acceptors (Lipinski definition) is 3. The van der Waals surface area contributed by atoms with E-state index >= 15 is 0 Å². The van der Waals surface area contributed by atoms with Gasteiger partial charge in [-0.25, -0.2) is 21.6 Å². The van der Waals surface area contributed by atoms with Crippen molar-refractivity contribution in [2.24, 2.45) is 5.73 Å². The van der Waals surface area contributed by atoms with Crippen molar-refractivity contribution in [3.63, 3.8) is 0 Å². The molecule has 0 radical (unpaired) electrons. The molecule has 24 heavy (non-hydrogen) atoms. The summed E-state index contributed by atoms with van der Waals surface area (Å²) in [5.74, 6) is -2.29. The van der Waals surface area contributed by atoms with E-state index < -0.39 is 51.4 Å². The number of amides is 1. The number of rotatable bonds is 10. The third-order valence-corrected chi connectivity index (χ3v) is 5.02. The first-order chi connectivity index (χ1) is 10.6. The highest BCUT2D eigenvalue weighted by atomic mass is 32.2. The molecule has 0 aliphatic rings. The van der Waals surface area contributed by atoms with Crippen LogP contribution < -0.4 is 5.73 Å². The molecule has 0 bridgehead atoms. The van der Waals surface area contributed by atoms with Crippen LogP contribution in [0.15, 0.2) is 0 Å². The molecule has 144 valence electrons. The molecule has 0 aromatic heterocycles. The highest BCUT2D eigenvalue weighted by molar-refractivity contribution is 7.92. The monoisotopic (exact) mass is 393 g/mol. The van der Waals surface area contributed by atoms with Crippen LogP contribution in [0, 0.1) is 0 Å². The van der Waals surface area contributed by atoms with Crippen LogP contribution >= 0.6 is 0 Å². The minimum atomic E-state index is -6.79. The summed E-state index contributed by atoms with van der Waals surface area (Å²) in [6.45, 7) is 0. The van der Waals surface area contributed by atoms with Gasteiger partial charge >= 0.3 is 17.1 Å². The molecule has 0 rings (SSSR count). The molecule has 0 aromatic rings. The molecule has 1 unspecified atom stereocenters. The molecule has 0 aromatic carbocycles. The summed E-state index contributed by atoms with van der Waals surface area (Å²) in [7, 11) is -6.15. The summed E-state index contributed by atoms with van der Waals surface area (Å²) in [4.78, 5) is 10.4. The molecule has 0 spiro atoms. The minimum absolute atomic E-state index is 0.0735. The highest BCUT2D eigenvalue weighted by Gasteiger charge is 2.81. The fourth-order valence-corrected chi connectivity index (χ4v) is 3.21. The maximum Gasteiger partial charge on any atom is 0.435 e. The number of unbranched alkanes of at least 4 members (excludes halogenated alkanes) is 3. The van der Waals surface area contributed by atoms with E-state index in [2.05, 4.69) is 0 Å². The quantitative estimate of drug-likeness (QED) is 0.458. The van der Waals surface area contributed by atoms with Crippen LogP contribution in [0.4, 0.5) is 35.1 Å². The van der Waals surface area contributed by atoms with Gasteiger partial charge in [0, 0.05) is 6.42 Å². The molecule has 0 aliphatic heterocycles. The first-order valence-electron chi connectivity index (χ1n) is 6.53. The first-order valence-corrected chi connectivity index (χ1v) is 8.18. The Morgan fingerprint density at radius 1 is 0.917 bits per heavy atom. The predicted molar refractivity (Wildman–Crippen MR) is 66.9 cm³/mol. The molecule has 13 heteroatoms. The summed E-state index contributed by atoms with van der Waals surface area (Å²) in [6, 6.07) is 0. The number of halogens is 8. The number of carbonyl (C=O) groups is 1. The van der Waals surface area contributed by atoms with E-state index in [9.17, 15) is 48.3 Å². The third kappa shape index (κ3) is 4.70. The van der Waals surface area contributed by atoms with Crippen molar-refractivity contribution in [1.29, 1.82) is 0 Å². The number of sulfone groups is 1. The number of hydrogen-bond donors (Lipinski definition) is 1. The number of primary amides is 1. The van der Waals surface area contributed by atoms with E-state index in [0.717, 1.165) is 0 Å². The maximum absolute atomic E-state index is 13.5. The van der Waals surface area contributed by atoms with Gasteiger partial charge < -0.3 is 5.73 Å². The number of nitrogens with two attached hydrogens (primary N) is 1. The molecule has 0 heterocycles. The van der Waals surface area contributed by atoms with Gasteiger partial charge in [-0.1, -0.05) is 12.8 Å². The van der Waals surface area contributed by atoms with Crippen LogP contribution in [0.25, 0.3) is 0 Å². The smallest absolute Gasteiger partial charge is 0.370 e. The maximum atomic E-state index is 13.5. The van der Waals surface area contributed by atoms with Crippen LogP contribution in [-0.2, 0) is 14.6 Å². The predicted octanol–water partition coefficient (Wildman–Crippen LogP) is 2.97. The molecular formula is C11H15F8NO3S. The molecule has 1 amide bonds. The Morgan fingerprint density at radius 3 is 1.75 bits per heavy atom. The van der Waals surface area contributed by atoms with Crippen LogP contribution in [0.2, 0.25) is 0 Å². The number of alkyl halides is 8. The summed E-state index contributed by atoms with van der Waals surface area (Å²) < 4.78 is 124. The molecule has 0 aliphatic carbocycles. The standard InChI is InChI=1S/C11H15F8NO3S/c12-8(13)9(14,10(15,16)17)11(18,19)24(22,23)6-4-2-1-3-5-7(20)21/h8H,1-6H2,(H2,20,21). The van der Waals surface area contributed by atoms with Gasteiger partial charge in [-0.05, 0) is 12.8 Å². The second-order valence-electron chi connectivity index (χ2n) is 4.98. The average Bonchev–Trinajstić information content (AvgIpc) is 2.39. The van der Waals surface area contributed by atoms with E-state index in [0.29, 0.717) is 0 Å². The Hall–Kier alpha value is -1.14. The van der Waals surface area contributed by atoms with Gasteiger partial charge in [0.15, 0.2) is 0 Å². The van der Waals surface area contributed by atoms with E-state index in [1.165, 1.54) is 0 Å². The summed E-state index contributed by atoms with van der Waals surface area (Å²) in [5.41, 5.74) is -1.71. The van der Waals surface area contributed by atoms with Gasteiger partial charge in [0.05, 0.1) is 5.75 Å². The zero-order valence-electron chi connectivity index (χ0n) is 12.1. The molecule has 0 fully saturated rings. The van der Waals surface area contributed by atoms with Crippen molar-refractivity contribution in [2.45, 2.75) is 55.6 Å². The Labute approximate surface area is 132 Å². The van der Waals surface area contributed by atoms with Crippen molar-refractivity contribution in [3.05, 3.63) is 0 Å². The van der Waals surface area contributed by atoms with Gasteiger partial charge in [0.1, 0.15) is 0 Å². The zero-order valence-corrected chi connectivity index (χ0v) is 12.9. The van der Waals surface area contributed by atoms with E-state index in [-0.39, 0.29) is 25.7 Å². The molecule has 2 N–H and O–H groups in total.